The predicted octanol–water partition coefficient (Wildman–Crippen LogP) is 2.18. The van der Waals surface area contributed by atoms with Crippen LogP contribution in [0.25, 0.3) is 0 Å². The summed E-state index contributed by atoms with van der Waals surface area (Å²) in [6, 6.07) is 6.68. The molecule has 4 N–H and O–H groups in total. The molecular formula is C12H10ClN5O3. The van der Waals surface area contributed by atoms with E-state index in [9.17, 15) is 14.9 Å². The summed E-state index contributed by atoms with van der Waals surface area (Å²) in [6.45, 7) is 0. The van der Waals surface area contributed by atoms with Gasteiger partial charge in [-0.05, 0) is 18.2 Å². The molecule has 8 nitrogen and oxygen atoms in total. The number of halogens is 1. The zero-order valence-corrected chi connectivity index (χ0v) is 11.3. The van der Waals surface area contributed by atoms with Crippen LogP contribution >= 0.6 is 11.6 Å². The minimum Gasteiger partial charge on any atom is -0.320 e. The molecule has 9 heteroatoms. The molecule has 0 spiro atoms. The first-order valence-corrected chi connectivity index (χ1v) is 6.07. The molecule has 0 unspecified atom stereocenters. The molecule has 2 rings (SSSR count). The molecular weight excluding hydrogens is 298 g/mol. The highest BCUT2D eigenvalue weighted by atomic mass is 35.5. The highest BCUT2D eigenvalue weighted by molar-refractivity contribution is 6.34. The normalized spacial score (nSPS) is 10.0. The second-order valence-electron chi connectivity index (χ2n) is 3.95. The monoisotopic (exact) mass is 307 g/mol. The highest BCUT2D eigenvalue weighted by Gasteiger charge is 2.13. The van der Waals surface area contributed by atoms with Gasteiger partial charge in [-0.25, -0.2) is 10.8 Å². The topological polar surface area (TPSA) is 123 Å². The lowest BCUT2D eigenvalue weighted by Gasteiger charge is -2.08. The number of carbonyl (C=O) groups excluding carboxylic acids is 1. The highest BCUT2D eigenvalue weighted by Crippen LogP contribution is 2.27. The fraction of sp³-hybridized carbons (Fsp3) is 0. The molecule has 0 saturated heterocycles. The van der Waals surface area contributed by atoms with Crippen molar-refractivity contribution in [2.45, 2.75) is 0 Å². The molecule has 1 aromatic heterocycles. The first-order valence-electron chi connectivity index (χ1n) is 5.69. The number of anilines is 2. The number of nitrogens with two attached hydrogens (primary N) is 1. The maximum absolute atomic E-state index is 12.1. The van der Waals surface area contributed by atoms with E-state index in [0.29, 0.717) is 5.82 Å². The van der Waals surface area contributed by atoms with Crippen LogP contribution in [0.3, 0.4) is 0 Å². The molecule has 0 aliphatic carbocycles. The Kier molecular flexibility index (Phi) is 4.31. The van der Waals surface area contributed by atoms with Crippen LogP contribution in [0.4, 0.5) is 17.2 Å². The van der Waals surface area contributed by atoms with Gasteiger partial charge in [0.15, 0.2) is 0 Å². The number of hydrogen-bond donors (Lipinski definition) is 3. The van der Waals surface area contributed by atoms with E-state index in [4.69, 9.17) is 17.4 Å². The molecule has 1 amide bonds. The number of non-ortho nitro benzene ring substituents is 1. The average Bonchev–Trinajstić information content (AvgIpc) is 2.49. The fourth-order valence-corrected chi connectivity index (χ4v) is 1.73. The molecule has 0 atom stereocenters. The Morgan fingerprint density at radius 2 is 2.10 bits per heavy atom. The third-order valence-corrected chi connectivity index (χ3v) is 2.91. The van der Waals surface area contributed by atoms with Crippen LogP contribution in [0.15, 0.2) is 36.5 Å². The number of benzene rings is 1. The number of hydrazine groups is 1. The largest absolute Gasteiger partial charge is 0.320 e. The minimum absolute atomic E-state index is 0.148. The molecule has 1 aromatic carbocycles. The van der Waals surface area contributed by atoms with Crippen molar-refractivity contribution >= 4 is 34.7 Å². The second kappa shape index (κ2) is 6.16. The maximum atomic E-state index is 12.1. The minimum atomic E-state index is -0.575. The number of amides is 1. The Hall–Kier alpha value is -2.71. The van der Waals surface area contributed by atoms with Crippen LogP contribution in [-0.2, 0) is 0 Å². The van der Waals surface area contributed by atoms with E-state index in [1.165, 1.54) is 36.5 Å². The van der Waals surface area contributed by atoms with E-state index in [0.717, 1.165) is 0 Å². The Bertz CT molecular complexity index is 707. The predicted molar refractivity (Wildman–Crippen MR) is 78.1 cm³/mol. The number of nitrogens with zero attached hydrogens (tertiary/aromatic N) is 2. The summed E-state index contributed by atoms with van der Waals surface area (Å²) >= 11 is 5.91. The molecule has 0 aliphatic rings. The van der Waals surface area contributed by atoms with Gasteiger partial charge < -0.3 is 10.7 Å². The first-order chi connectivity index (χ1) is 10.0. The number of rotatable bonds is 4. The van der Waals surface area contributed by atoms with Gasteiger partial charge in [-0.2, -0.15) is 0 Å². The molecule has 0 bridgehead atoms. The number of carbonyl (C=O) groups is 1. The Labute approximate surface area is 124 Å². The van der Waals surface area contributed by atoms with E-state index in [-0.39, 0.29) is 22.0 Å². The van der Waals surface area contributed by atoms with Crippen LogP contribution in [0, 0.1) is 10.1 Å². The van der Waals surface area contributed by atoms with Gasteiger partial charge in [-0.15, -0.1) is 0 Å². The van der Waals surface area contributed by atoms with Crippen LogP contribution in [0.2, 0.25) is 5.02 Å². The van der Waals surface area contributed by atoms with Gasteiger partial charge in [0.2, 0.25) is 0 Å². The van der Waals surface area contributed by atoms with E-state index in [1.54, 1.807) is 0 Å². The molecule has 0 saturated carbocycles. The second-order valence-corrected chi connectivity index (χ2v) is 4.36. The fourth-order valence-electron chi connectivity index (χ4n) is 1.57. The zero-order chi connectivity index (χ0) is 15.4. The first kappa shape index (κ1) is 14.7. The van der Waals surface area contributed by atoms with Crippen molar-refractivity contribution in [1.29, 1.82) is 0 Å². The van der Waals surface area contributed by atoms with Gasteiger partial charge in [-0.1, -0.05) is 11.6 Å². The summed E-state index contributed by atoms with van der Waals surface area (Å²) in [4.78, 5) is 26.1. The summed E-state index contributed by atoms with van der Waals surface area (Å²) in [5.41, 5.74) is 2.57. The lowest BCUT2D eigenvalue weighted by atomic mass is 10.2. The Morgan fingerprint density at radius 3 is 2.76 bits per heavy atom. The van der Waals surface area contributed by atoms with Crippen LogP contribution in [-0.4, -0.2) is 15.8 Å². The van der Waals surface area contributed by atoms with E-state index in [1.807, 2.05) is 0 Å². The van der Waals surface area contributed by atoms with Crippen molar-refractivity contribution < 1.29 is 9.72 Å². The SMILES string of the molecule is NNc1cc(C(=O)Nc2cc([N+](=O)[O-])ccc2Cl)ccn1. The molecule has 0 fully saturated rings. The Balaban J connectivity index is 2.26. The number of nitro benzene ring substituents is 1. The molecule has 108 valence electrons. The number of nitrogens with one attached hydrogen (secondary N) is 2. The Morgan fingerprint density at radius 1 is 1.33 bits per heavy atom. The smallest absolute Gasteiger partial charge is 0.271 e. The van der Waals surface area contributed by atoms with Crippen molar-refractivity contribution in [3.8, 4) is 0 Å². The van der Waals surface area contributed by atoms with Crippen LogP contribution in [0.5, 0.6) is 0 Å². The van der Waals surface area contributed by atoms with Gasteiger partial charge in [0.1, 0.15) is 5.82 Å². The molecule has 2 aromatic rings. The average molecular weight is 308 g/mol. The summed E-state index contributed by atoms with van der Waals surface area (Å²) in [7, 11) is 0. The van der Waals surface area contributed by atoms with Crippen molar-refractivity contribution in [3.05, 3.63) is 57.2 Å². The summed E-state index contributed by atoms with van der Waals surface area (Å²) < 4.78 is 0. The van der Waals surface area contributed by atoms with Crippen LogP contribution < -0.4 is 16.6 Å². The summed E-state index contributed by atoms with van der Waals surface area (Å²) in [5, 5.41) is 13.4. The van der Waals surface area contributed by atoms with Crippen LogP contribution in [0.1, 0.15) is 10.4 Å². The van der Waals surface area contributed by atoms with Gasteiger partial charge >= 0.3 is 0 Å². The van der Waals surface area contributed by atoms with Gasteiger partial charge in [0.25, 0.3) is 11.6 Å². The van der Waals surface area contributed by atoms with Gasteiger partial charge in [-0.3, -0.25) is 14.9 Å². The third kappa shape index (κ3) is 3.44. The zero-order valence-electron chi connectivity index (χ0n) is 10.5. The standard InChI is InChI=1S/C12H10ClN5O3/c13-9-2-1-8(18(20)21)6-10(9)16-12(19)7-3-4-15-11(5-7)17-14/h1-6H,14H2,(H,15,17)(H,16,19). The van der Waals surface area contributed by atoms with Gasteiger partial charge in [0.05, 0.1) is 15.6 Å². The van der Waals surface area contributed by atoms with E-state index >= 15 is 0 Å². The van der Waals surface area contributed by atoms with Crippen molar-refractivity contribution in [1.82, 2.24) is 4.98 Å². The molecule has 21 heavy (non-hydrogen) atoms. The summed E-state index contributed by atoms with van der Waals surface area (Å²) in [6.07, 6.45) is 1.40. The number of hydrogen-bond acceptors (Lipinski definition) is 6. The number of nitro groups is 1. The van der Waals surface area contributed by atoms with E-state index in [2.05, 4.69) is 15.7 Å². The van der Waals surface area contributed by atoms with Crippen molar-refractivity contribution in [2.75, 3.05) is 10.7 Å². The van der Waals surface area contributed by atoms with Crippen molar-refractivity contribution in [2.24, 2.45) is 5.84 Å². The van der Waals surface area contributed by atoms with Gasteiger partial charge in [0, 0.05) is 23.9 Å². The third-order valence-electron chi connectivity index (χ3n) is 2.58. The molecule has 1 heterocycles. The lowest BCUT2D eigenvalue weighted by Crippen LogP contribution is -2.14. The lowest BCUT2D eigenvalue weighted by molar-refractivity contribution is -0.384. The number of aromatic nitrogens is 1. The molecule has 0 radical (unpaired) electrons. The van der Waals surface area contributed by atoms with Crippen molar-refractivity contribution in [3.63, 3.8) is 0 Å². The molecule has 0 aliphatic heterocycles. The number of pyridine rings is 1. The number of nitrogen functional groups attached to an aromatic ring is 1. The quantitative estimate of drug-likeness (QED) is 0.452. The van der Waals surface area contributed by atoms with E-state index < -0.39 is 10.8 Å². The summed E-state index contributed by atoms with van der Waals surface area (Å²) in [5.74, 6) is 5.03. The maximum Gasteiger partial charge on any atom is 0.271 e.